The number of methoxy groups -OCH3 is 1. The Morgan fingerprint density at radius 2 is 1.86 bits per heavy atom. The van der Waals surface area contributed by atoms with Crippen LogP contribution in [-0.2, 0) is 21.3 Å². The molecule has 0 amide bonds. The lowest BCUT2D eigenvalue weighted by molar-refractivity contribution is 0.0600. The van der Waals surface area contributed by atoms with Crippen molar-refractivity contribution in [2.24, 2.45) is 0 Å². The minimum atomic E-state index is -1.33. The summed E-state index contributed by atoms with van der Waals surface area (Å²) in [4.78, 5) is 12.3. The monoisotopic (exact) mass is 342 g/mol. The first-order valence-corrected chi connectivity index (χ1v) is 8.10. The van der Waals surface area contributed by atoms with E-state index in [0.29, 0.717) is 26.1 Å². The molecule has 1 atom stereocenters. The number of hydrogen-bond acceptors (Lipinski definition) is 3. The summed E-state index contributed by atoms with van der Waals surface area (Å²) in [5, 5.41) is 0.760. The molecule has 0 spiro atoms. The summed E-state index contributed by atoms with van der Waals surface area (Å²) in [5.74, 6) is -0.250. The fourth-order valence-corrected chi connectivity index (χ4v) is 3.33. The van der Waals surface area contributed by atoms with Crippen molar-refractivity contribution in [3.05, 3.63) is 63.6 Å². The zero-order valence-electron chi connectivity index (χ0n) is 11.1. The van der Waals surface area contributed by atoms with Gasteiger partial charge in [0, 0.05) is 4.90 Å². The van der Waals surface area contributed by atoms with Gasteiger partial charge in [-0.2, -0.15) is 0 Å². The number of ether oxygens (including phenoxy) is 1. The maximum atomic E-state index is 12.4. The molecule has 0 aromatic heterocycles. The predicted molar refractivity (Wildman–Crippen MR) is 84.4 cm³/mol. The van der Waals surface area contributed by atoms with Crippen LogP contribution in [-0.4, -0.2) is 17.3 Å². The smallest absolute Gasteiger partial charge is 0.338 e. The van der Waals surface area contributed by atoms with Crippen LogP contribution < -0.4 is 0 Å². The standard InChI is InChI=1S/C15H12Cl2O3S/c1-20-15(18)12-5-3-2-4-10(12)9-21(19)11-6-7-13(16)14(17)8-11/h2-8H,9H2,1H3. The highest BCUT2D eigenvalue weighted by Gasteiger charge is 2.14. The molecule has 0 N–H and O–H groups in total. The molecule has 21 heavy (non-hydrogen) atoms. The maximum Gasteiger partial charge on any atom is 0.338 e. The lowest BCUT2D eigenvalue weighted by Crippen LogP contribution is -2.07. The summed E-state index contributed by atoms with van der Waals surface area (Å²) < 4.78 is 17.1. The number of esters is 1. The lowest BCUT2D eigenvalue weighted by Gasteiger charge is -2.08. The second-order valence-corrected chi connectivity index (χ2v) is 6.48. The van der Waals surface area contributed by atoms with Crippen molar-refractivity contribution in [3.63, 3.8) is 0 Å². The Morgan fingerprint density at radius 1 is 1.14 bits per heavy atom. The number of carbonyl (C=O) groups excluding carboxylic acids is 1. The average Bonchev–Trinajstić information content (AvgIpc) is 2.49. The molecule has 110 valence electrons. The van der Waals surface area contributed by atoms with E-state index in [0.717, 1.165) is 0 Å². The Balaban J connectivity index is 2.27. The number of hydrogen-bond donors (Lipinski definition) is 0. The van der Waals surface area contributed by atoms with Gasteiger partial charge in [0.2, 0.25) is 0 Å². The number of carbonyl (C=O) groups is 1. The zero-order valence-corrected chi connectivity index (χ0v) is 13.5. The first kappa shape index (κ1) is 16.0. The van der Waals surface area contributed by atoms with Crippen molar-refractivity contribution in [2.75, 3.05) is 7.11 Å². The van der Waals surface area contributed by atoms with E-state index in [1.54, 1.807) is 42.5 Å². The van der Waals surface area contributed by atoms with Crippen molar-refractivity contribution in [1.82, 2.24) is 0 Å². The first-order chi connectivity index (χ1) is 10.0. The second-order valence-electron chi connectivity index (χ2n) is 4.21. The second kappa shape index (κ2) is 7.07. The molecule has 2 rings (SSSR count). The Labute approximate surface area is 135 Å². The van der Waals surface area contributed by atoms with E-state index in [9.17, 15) is 9.00 Å². The van der Waals surface area contributed by atoms with Gasteiger partial charge in [-0.3, -0.25) is 4.21 Å². The van der Waals surface area contributed by atoms with Crippen LogP contribution in [0.2, 0.25) is 10.0 Å². The number of halogens is 2. The first-order valence-electron chi connectivity index (χ1n) is 6.02. The van der Waals surface area contributed by atoms with Crippen LogP contribution in [0.4, 0.5) is 0 Å². The summed E-state index contributed by atoms with van der Waals surface area (Å²) in [5.41, 5.74) is 1.07. The van der Waals surface area contributed by atoms with Crippen LogP contribution in [0.1, 0.15) is 15.9 Å². The molecule has 2 aromatic rings. The van der Waals surface area contributed by atoms with Gasteiger partial charge < -0.3 is 4.74 Å². The third-order valence-corrected chi connectivity index (χ3v) is 4.96. The van der Waals surface area contributed by atoms with Crippen LogP contribution in [0.15, 0.2) is 47.4 Å². The molecule has 6 heteroatoms. The summed E-state index contributed by atoms with van der Waals surface area (Å²) in [6.07, 6.45) is 0. The van der Waals surface area contributed by atoms with Crippen molar-refractivity contribution in [3.8, 4) is 0 Å². The van der Waals surface area contributed by atoms with Crippen LogP contribution in [0.5, 0.6) is 0 Å². The third kappa shape index (κ3) is 3.84. The Hall–Kier alpha value is -1.36. The number of rotatable bonds is 4. The summed E-state index contributed by atoms with van der Waals surface area (Å²) in [6.45, 7) is 0. The molecule has 0 fully saturated rings. The van der Waals surface area contributed by atoms with Crippen LogP contribution in [0, 0.1) is 0 Å². The van der Waals surface area contributed by atoms with Crippen molar-refractivity contribution < 1.29 is 13.7 Å². The topological polar surface area (TPSA) is 43.4 Å². The molecule has 0 aliphatic rings. The van der Waals surface area contributed by atoms with Crippen molar-refractivity contribution in [2.45, 2.75) is 10.6 Å². The molecular weight excluding hydrogens is 331 g/mol. The molecular formula is C15H12Cl2O3S. The predicted octanol–water partition coefficient (Wildman–Crippen LogP) is 4.09. The molecule has 0 radical (unpaired) electrons. The third-order valence-electron chi connectivity index (χ3n) is 2.86. The minimum absolute atomic E-state index is 0.198. The molecule has 2 aromatic carbocycles. The molecule has 0 heterocycles. The molecule has 0 saturated carbocycles. The van der Waals surface area contributed by atoms with E-state index in [1.165, 1.54) is 7.11 Å². The van der Waals surface area contributed by atoms with E-state index in [4.69, 9.17) is 27.9 Å². The van der Waals surface area contributed by atoms with Gasteiger partial charge in [-0.05, 0) is 29.8 Å². The van der Waals surface area contributed by atoms with Crippen LogP contribution in [0.3, 0.4) is 0 Å². The number of benzene rings is 2. The molecule has 0 aliphatic heterocycles. The highest BCUT2D eigenvalue weighted by Crippen LogP contribution is 2.25. The lowest BCUT2D eigenvalue weighted by atomic mass is 10.1. The van der Waals surface area contributed by atoms with Gasteiger partial charge in [0.25, 0.3) is 0 Å². The highest BCUT2D eigenvalue weighted by atomic mass is 35.5. The average molecular weight is 343 g/mol. The summed E-state index contributed by atoms with van der Waals surface area (Å²) in [7, 11) is -0.0181. The van der Waals surface area contributed by atoms with Crippen molar-refractivity contribution in [1.29, 1.82) is 0 Å². The Bertz CT molecular complexity index is 701. The van der Waals surface area contributed by atoms with E-state index < -0.39 is 16.8 Å². The SMILES string of the molecule is COC(=O)c1ccccc1CS(=O)c1ccc(Cl)c(Cl)c1. The maximum absolute atomic E-state index is 12.4. The van der Waals surface area contributed by atoms with Crippen LogP contribution >= 0.6 is 23.2 Å². The molecule has 0 aliphatic carbocycles. The zero-order chi connectivity index (χ0) is 15.4. The molecule has 3 nitrogen and oxygen atoms in total. The minimum Gasteiger partial charge on any atom is -0.465 e. The van der Waals surface area contributed by atoms with Gasteiger partial charge in [0.05, 0.1) is 39.3 Å². The van der Waals surface area contributed by atoms with E-state index in [1.807, 2.05) is 0 Å². The molecule has 0 bridgehead atoms. The fourth-order valence-electron chi connectivity index (χ4n) is 1.80. The Morgan fingerprint density at radius 3 is 2.52 bits per heavy atom. The van der Waals surface area contributed by atoms with E-state index >= 15 is 0 Å². The fraction of sp³-hybridized carbons (Fsp3) is 0.133. The molecule has 0 saturated heterocycles. The van der Waals surface area contributed by atoms with E-state index in [-0.39, 0.29) is 5.75 Å². The van der Waals surface area contributed by atoms with Crippen LogP contribution in [0.25, 0.3) is 0 Å². The normalized spacial score (nSPS) is 12.0. The largest absolute Gasteiger partial charge is 0.465 e. The quantitative estimate of drug-likeness (QED) is 0.786. The van der Waals surface area contributed by atoms with Gasteiger partial charge in [0.15, 0.2) is 0 Å². The van der Waals surface area contributed by atoms with Gasteiger partial charge in [0.1, 0.15) is 0 Å². The summed E-state index contributed by atoms with van der Waals surface area (Å²) in [6, 6.07) is 11.7. The van der Waals surface area contributed by atoms with Gasteiger partial charge in [-0.1, -0.05) is 41.4 Å². The van der Waals surface area contributed by atoms with E-state index in [2.05, 4.69) is 0 Å². The Kier molecular flexibility index (Phi) is 5.39. The van der Waals surface area contributed by atoms with Crippen molar-refractivity contribution >= 4 is 40.0 Å². The van der Waals surface area contributed by atoms with Gasteiger partial charge in [-0.25, -0.2) is 4.79 Å². The summed E-state index contributed by atoms with van der Waals surface area (Å²) >= 11 is 11.8. The molecule has 1 unspecified atom stereocenters. The highest BCUT2D eigenvalue weighted by molar-refractivity contribution is 7.84. The van der Waals surface area contributed by atoms with Gasteiger partial charge >= 0.3 is 5.97 Å². The van der Waals surface area contributed by atoms with Gasteiger partial charge in [-0.15, -0.1) is 0 Å².